The van der Waals surface area contributed by atoms with E-state index in [0.29, 0.717) is 12.5 Å². The lowest BCUT2D eigenvalue weighted by Crippen LogP contribution is -2.37. The van der Waals surface area contributed by atoms with E-state index in [2.05, 4.69) is 0 Å². The zero-order chi connectivity index (χ0) is 8.60. The minimum Gasteiger partial charge on any atom is -0.396 e. The van der Waals surface area contributed by atoms with Crippen molar-refractivity contribution >= 4 is 0 Å². The van der Waals surface area contributed by atoms with Gasteiger partial charge in [0.05, 0.1) is 6.61 Å². The quantitative estimate of drug-likeness (QED) is 0.558. The maximum atomic E-state index is 9.39. The lowest BCUT2D eigenvalue weighted by molar-refractivity contribution is 0.0583. The third-order valence-corrected chi connectivity index (χ3v) is 3.63. The average Bonchev–Trinajstić information content (AvgIpc) is 2.41. The molecule has 1 saturated carbocycles. The Bertz CT molecular complexity index is 174. The zero-order valence-electron chi connectivity index (χ0n) is 7.50. The van der Waals surface area contributed by atoms with Crippen molar-refractivity contribution in [2.75, 3.05) is 19.7 Å². The van der Waals surface area contributed by atoms with Crippen LogP contribution in [-0.4, -0.2) is 29.8 Å². The van der Waals surface area contributed by atoms with Crippen molar-refractivity contribution < 1.29 is 5.11 Å². The summed E-state index contributed by atoms with van der Waals surface area (Å²) in [7, 11) is 0. The molecule has 1 saturated heterocycles. The third kappa shape index (κ3) is 1.16. The number of fused-ring (bicyclic) bond motifs is 1. The summed E-state index contributed by atoms with van der Waals surface area (Å²) in [5, 5.41) is 11.3. The second-order valence-corrected chi connectivity index (χ2v) is 4.39. The average molecular weight is 170 g/mol. The van der Waals surface area contributed by atoms with Gasteiger partial charge in [-0.05, 0) is 18.8 Å². The summed E-state index contributed by atoms with van der Waals surface area (Å²) in [6.45, 7) is 2.21. The van der Waals surface area contributed by atoms with Crippen LogP contribution in [0.2, 0.25) is 0 Å². The van der Waals surface area contributed by atoms with Crippen molar-refractivity contribution in [3.05, 3.63) is 0 Å². The number of hydrazine groups is 1. The maximum absolute atomic E-state index is 9.39. The molecule has 12 heavy (non-hydrogen) atoms. The molecule has 0 bridgehead atoms. The van der Waals surface area contributed by atoms with Crippen LogP contribution in [0, 0.1) is 11.3 Å². The highest BCUT2D eigenvalue weighted by Crippen LogP contribution is 2.45. The maximum Gasteiger partial charge on any atom is 0.0503 e. The van der Waals surface area contributed by atoms with E-state index in [1.165, 1.54) is 25.7 Å². The van der Waals surface area contributed by atoms with Crippen LogP contribution in [0.25, 0.3) is 0 Å². The second-order valence-electron chi connectivity index (χ2n) is 4.39. The first kappa shape index (κ1) is 8.48. The number of rotatable bonds is 1. The van der Waals surface area contributed by atoms with E-state index in [4.69, 9.17) is 5.84 Å². The second kappa shape index (κ2) is 2.98. The minimum absolute atomic E-state index is 0.160. The molecule has 3 heteroatoms. The molecule has 1 heterocycles. The Morgan fingerprint density at radius 1 is 1.50 bits per heavy atom. The van der Waals surface area contributed by atoms with Gasteiger partial charge in [0.2, 0.25) is 0 Å². The van der Waals surface area contributed by atoms with Crippen molar-refractivity contribution in [2.45, 2.75) is 25.7 Å². The van der Waals surface area contributed by atoms with Crippen LogP contribution in [0.15, 0.2) is 0 Å². The summed E-state index contributed by atoms with van der Waals surface area (Å²) < 4.78 is 0. The Morgan fingerprint density at radius 3 is 3.00 bits per heavy atom. The van der Waals surface area contributed by atoms with Gasteiger partial charge in [-0.2, -0.15) is 0 Å². The van der Waals surface area contributed by atoms with Gasteiger partial charge in [0.1, 0.15) is 0 Å². The number of aliphatic hydroxyl groups is 1. The smallest absolute Gasteiger partial charge is 0.0503 e. The molecule has 3 N–H and O–H groups in total. The van der Waals surface area contributed by atoms with Gasteiger partial charge in [-0.15, -0.1) is 0 Å². The highest BCUT2D eigenvalue weighted by molar-refractivity contribution is 4.96. The van der Waals surface area contributed by atoms with Crippen LogP contribution in [0.3, 0.4) is 0 Å². The predicted molar refractivity (Wildman–Crippen MR) is 47.2 cm³/mol. The molecule has 1 aliphatic carbocycles. The van der Waals surface area contributed by atoms with E-state index in [1.807, 2.05) is 5.01 Å². The Hall–Kier alpha value is -0.120. The zero-order valence-corrected chi connectivity index (χ0v) is 7.50. The first-order valence-electron chi connectivity index (χ1n) is 4.87. The monoisotopic (exact) mass is 170 g/mol. The van der Waals surface area contributed by atoms with E-state index in [-0.39, 0.29) is 5.41 Å². The van der Waals surface area contributed by atoms with Crippen LogP contribution in [0.1, 0.15) is 25.7 Å². The van der Waals surface area contributed by atoms with Gasteiger partial charge < -0.3 is 5.11 Å². The lowest BCUT2D eigenvalue weighted by Gasteiger charge is -2.36. The number of hydrogen-bond donors (Lipinski definition) is 2. The summed E-state index contributed by atoms with van der Waals surface area (Å²) in [6.07, 6.45) is 5.02. The van der Waals surface area contributed by atoms with Crippen molar-refractivity contribution in [3.8, 4) is 0 Å². The predicted octanol–water partition coefficient (Wildman–Crippen LogP) is 0.345. The van der Waals surface area contributed by atoms with Gasteiger partial charge in [-0.1, -0.05) is 12.8 Å². The first-order chi connectivity index (χ1) is 5.77. The van der Waals surface area contributed by atoms with Gasteiger partial charge in [0, 0.05) is 18.5 Å². The molecule has 0 aromatic heterocycles. The number of hydrogen-bond acceptors (Lipinski definition) is 3. The lowest BCUT2D eigenvalue weighted by atomic mass is 9.69. The molecule has 0 aromatic carbocycles. The minimum atomic E-state index is 0.160. The molecular weight excluding hydrogens is 152 g/mol. The highest BCUT2D eigenvalue weighted by atomic mass is 16.3. The Balaban J connectivity index is 2.14. The summed E-state index contributed by atoms with van der Waals surface area (Å²) >= 11 is 0. The molecule has 0 spiro atoms. The summed E-state index contributed by atoms with van der Waals surface area (Å²) in [4.78, 5) is 0. The molecule has 2 atom stereocenters. The van der Waals surface area contributed by atoms with Crippen molar-refractivity contribution in [3.63, 3.8) is 0 Å². The molecule has 3 nitrogen and oxygen atoms in total. The molecule has 0 unspecified atom stereocenters. The molecule has 2 rings (SSSR count). The molecule has 0 radical (unpaired) electrons. The molecule has 2 fully saturated rings. The Kier molecular flexibility index (Phi) is 2.10. The normalized spacial score (nSPS) is 43.0. The van der Waals surface area contributed by atoms with Crippen LogP contribution in [-0.2, 0) is 0 Å². The largest absolute Gasteiger partial charge is 0.396 e. The fourth-order valence-electron chi connectivity index (χ4n) is 2.88. The molecule has 0 amide bonds. The fraction of sp³-hybridized carbons (Fsp3) is 1.00. The summed E-state index contributed by atoms with van der Waals surface area (Å²) in [5.74, 6) is 6.43. The SMILES string of the molecule is NN1C[C@@H]2CCCC[C@@]2(CO)C1. The molecule has 1 aliphatic heterocycles. The van der Waals surface area contributed by atoms with Gasteiger partial charge >= 0.3 is 0 Å². The van der Waals surface area contributed by atoms with Crippen molar-refractivity contribution in [1.82, 2.24) is 5.01 Å². The molecular formula is C9H18N2O. The Labute approximate surface area is 73.5 Å². The van der Waals surface area contributed by atoms with Crippen LogP contribution >= 0.6 is 0 Å². The van der Waals surface area contributed by atoms with E-state index >= 15 is 0 Å². The summed E-state index contributed by atoms with van der Waals surface area (Å²) in [5.41, 5.74) is 0.160. The summed E-state index contributed by atoms with van der Waals surface area (Å²) in [6, 6.07) is 0. The standard InChI is InChI=1S/C9H18N2O/c10-11-5-8-3-1-2-4-9(8,6-11)7-12/h8,12H,1-7,10H2/t8-,9-/m0/s1. The van der Waals surface area contributed by atoms with Gasteiger partial charge in [-0.25, -0.2) is 5.01 Å². The molecule has 0 aromatic rings. The van der Waals surface area contributed by atoms with Gasteiger partial charge in [-0.3, -0.25) is 5.84 Å². The number of aliphatic hydroxyl groups excluding tert-OH is 1. The molecule has 70 valence electrons. The van der Waals surface area contributed by atoms with Crippen molar-refractivity contribution in [2.24, 2.45) is 17.2 Å². The molecule has 2 aliphatic rings. The van der Waals surface area contributed by atoms with Gasteiger partial charge in [0.15, 0.2) is 0 Å². The Morgan fingerprint density at radius 2 is 2.33 bits per heavy atom. The third-order valence-electron chi connectivity index (χ3n) is 3.63. The fourth-order valence-corrected chi connectivity index (χ4v) is 2.88. The van der Waals surface area contributed by atoms with E-state index in [9.17, 15) is 5.11 Å². The van der Waals surface area contributed by atoms with E-state index in [0.717, 1.165) is 13.1 Å². The first-order valence-corrected chi connectivity index (χ1v) is 4.87. The number of nitrogens with two attached hydrogens (primary N) is 1. The van der Waals surface area contributed by atoms with E-state index in [1.54, 1.807) is 0 Å². The topological polar surface area (TPSA) is 49.5 Å². The van der Waals surface area contributed by atoms with E-state index < -0.39 is 0 Å². The number of nitrogens with zero attached hydrogens (tertiary/aromatic N) is 1. The van der Waals surface area contributed by atoms with Crippen LogP contribution in [0.5, 0.6) is 0 Å². The van der Waals surface area contributed by atoms with Crippen LogP contribution < -0.4 is 5.84 Å². The van der Waals surface area contributed by atoms with Gasteiger partial charge in [0.25, 0.3) is 0 Å². The van der Waals surface area contributed by atoms with Crippen LogP contribution in [0.4, 0.5) is 0 Å². The highest BCUT2D eigenvalue weighted by Gasteiger charge is 2.46. The van der Waals surface area contributed by atoms with Crippen molar-refractivity contribution in [1.29, 1.82) is 0 Å².